The van der Waals surface area contributed by atoms with Gasteiger partial charge in [0.1, 0.15) is 17.6 Å². The van der Waals surface area contributed by atoms with Gasteiger partial charge in [0.2, 0.25) is 5.91 Å². The Balaban J connectivity index is 1.95. The number of pyridine rings is 1. The van der Waals surface area contributed by atoms with Crippen molar-refractivity contribution >= 4 is 45.1 Å². The molecule has 0 saturated carbocycles. The summed E-state index contributed by atoms with van der Waals surface area (Å²) in [5.74, 6) is 1.35. The number of nitrogens with one attached hydrogen (secondary N) is 2. The molecule has 2 aromatic rings. The first kappa shape index (κ1) is 15.8. The third-order valence-corrected chi connectivity index (χ3v) is 4.74. The van der Waals surface area contributed by atoms with Crippen LogP contribution in [0.4, 0.5) is 5.82 Å². The SMILES string of the molecule is COc1cc2c(NC[C@@H]3CCC(=O)N3)ncc(I)c2cc1C#N. The maximum absolute atomic E-state index is 11.3. The van der Waals surface area contributed by atoms with Crippen LogP contribution in [-0.2, 0) is 4.79 Å². The van der Waals surface area contributed by atoms with E-state index < -0.39 is 0 Å². The number of nitrogens with zero attached hydrogens (tertiary/aromatic N) is 2. The lowest BCUT2D eigenvalue weighted by molar-refractivity contribution is -0.119. The molecule has 1 aromatic carbocycles. The van der Waals surface area contributed by atoms with Gasteiger partial charge in [0.25, 0.3) is 0 Å². The van der Waals surface area contributed by atoms with Crippen LogP contribution in [0.3, 0.4) is 0 Å². The summed E-state index contributed by atoms with van der Waals surface area (Å²) in [6.45, 7) is 0.622. The minimum atomic E-state index is 0.0950. The maximum atomic E-state index is 11.3. The van der Waals surface area contributed by atoms with Gasteiger partial charge in [-0.2, -0.15) is 5.26 Å². The van der Waals surface area contributed by atoms with Gasteiger partial charge >= 0.3 is 0 Å². The molecule has 0 radical (unpaired) electrons. The molecule has 1 aliphatic rings. The van der Waals surface area contributed by atoms with Crippen LogP contribution in [0.2, 0.25) is 0 Å². The zero-order chi connectivity index (χ0) is 16.4. The molecular formula is C16H15IN4O2. The van der Waals surface area contributed by atoms with Crippen LogP contribution in [0, 0.1) is 14.9 Å². The molecule has 2 heterocycles. The second kappa shape index (κ2) is 6.58. The third kappa shape index (κ3) is 3.17. The molecule has 1 atom stereocenters. The summed E-state index contributed by atoms with van der Waals surface area (Å²) in [6, 6.07) is 5.93. The Labute approximate surface area is 147 Å². The number of rotatable bonds is 4. The number of carbonyl (C=O) groups excluding carboxylic acids is 1. The zero-order valence-corrected chi connectivity index (χ0v) is 14.7. The number of hydrogen-bond donors (Lipinski definition) is 2. The van der Waals surface area contributed by atoms with E-state index >= 15 is 0 Å². The fraction of sp³-hybridized carbons (Fsp3) is 0.312. The van der Waals surface area contributed by atoms with Gasteiger partial charge in [-0.3, -0.25) is 4.79 Å². The first-order chi connectivity index (χ1) is 11.1. The number of benzene rings is 1. The molecule has 0 unspecified atom stereocenters. The van der Waals surface area contributed by atoms with Gasteiger partial charge in [-0.25, -0.2) is 4.98 Å². The van der Waals surface area contributed by atoms with E-state index in [1.807, 2.05) is 12.1 Å². The Hall–Kier alpha value is -2.08. The average molecular weight is 422 g/mol. The summed E-state index contributed by atoms with van der Waals surface area (Å²) >= 11 is 2.20. The van der Waals surface area contributed by atoms with E-state index in [-0.39, 0.29) is 11.9 Å². The highest BCUT2D eigenvalue weighted by atomic mass is 127. The van der Waals surface area contributed by atoms with Gasteiger partial charge in [-0.15, -0.1) is 0 Å². The van der Waals surface area contributed by atoms with Gasteiger partial charge in [0, 0.05) is 39.5 Å². The largest absolute Gasteiger partial charge is 0.495 e. The van der Waals surface area contributed by atoms with Gasteiger partial charge in [0.05, 0.1) is 12.7 Å². The Morgan fingerprint density at radius 1 is 1.52 bits per heavy atom. The number of halogens is 1. The van der Waals surface area contributed by atoms with Crippen LogP contribution in [0.15, 0.2) is 18.3 Å². The lowest BCUT2D eigenvalue weighted by atomic mass is 10.1. The fourth-order valence-electron chi connectivity index (χ4n) is 2.68. The molecule has 2 N–H and O–H groups in total. The quantitative estimate of drug-likeness (QED) is 0.740. The van der Waals surface area contributed by atoms with Crippen molar-refractivity contribution in [3.8, 4) is 11.8 Å². The second-order valence-electron chi connectivity index (χ2n) is 5.35. The summed E-state index contributed by atoms with van der Waals surface area (Å²) < 4.78 is 6.26. The minimum absolute atomic E-state index is 0.0950. The molecule has 6 nitrogen and oxygen atoms in total. The highest BCUT2D eigenvalue weighted by Gasteiger charge is 2.21. The molecule has 0 aliphatic carbocycles. The summed E-state index contributed by atoms with van der Waals surface area (Å²) in [7, 11) is 1.55. The summed E-state index contributed by atoms with van der Waals surface area (Å²) in [4.78, 5) is 15.7. The summed E-state index contributed by atoms with van der Waals surface area (Å²) in [6.07, 6.45) is 3.18. The van der Waals surface area contributed by atoms with E-state index in [1.165, 1.54) is 0 Å². The molecule has 23 heavy (non-hydrogen) atoms. The molecule has 1 aromatic heterocycles. The number of fused-ring (bicyclic) bond motifs is 1. The number of anilines is 1. The van der Waals surface area contributed by atoms with Crippen molar-refractivity contribution in [3.05, 3.63) is 27.5 Å². The Kier molecular flexibility index (Phi) is 4.52. The predicted molar refractivity (Wildman–Crippen MR) is 95.4 cm³/mol. The first-order valence-corrected chi connectivity index (χ1v) is 8.30. The van der Waals surface area contributed by atoms with E-state index in [2.05, 4.69) is 44.3 Å². The van der Waals surface area contributed by atoms with Crippen molar-refractivity contribution < 1.29 is 9.53 Å². The highest BCUT2D eigenvalue weighted by molar-refractivity contribution is 14.1. The summed E-state index contributed by atoms with van der Waals surface area (Å²) in [5.41, 5.74) is 0.498. The number of methoxy groups -OCH3 is 1. The molecule has 118 valence electrons. The standard InChI is InChI=1S/C16H15IN4O2/c1-23-14-5-12-11(4-9(14)6-18)13(17)8-20-16(12)19-7-10-2-3-15(22)21-10/h4-5,8,10H,2-3,7H2,1H3,(H,19,20)(H,21,22)/t10-/m0/s1. The van der Waals surface area contributed by atoms with Crippen LogP contribution in [0.1, 0.15) is 18.4 Å². The molecule has 1 saturated heterocycles. The number of nitriles is 1. The third-order valence-electron chi connectivity index (χ3n) is 3.88. The smallest absolute Gasteiger partial charge is 0.220 e. The minimum Gasteiger partial charge on any atom is -0.495 e. The number of aromatic nitrogens is 1. The molecule has 7 heteroatoms. The van der Waals surface area contributed by atoms with Crippen molar-refractivity contribution in [1.82, 2.24) is 10.3 Å². The van der Waals surface area contributed by atoms with Gasteiger partial charge in [-0.05, 0) is 41.1 Å². The monoisotopic (exact) mass is 422 g/mol. The highest BCUT2D eigenvalue weighted by Crippen LogP contribution is 2.32. The topological polar surface area (TPSA) is 87.0 Å². The molecule has 0 spiro atoms. The number of amides is 1. The van der Waals surface area contributed by atoms with Crippen LogP contribution in [0.5, 0.6) is 5.75 Å². The van der Waals surface area contributed by atoms with E-state index in [0.29, 0.717) is 24.3 Å². The average Bonchev–Trinajstić information content (AvgIpc) is 2.98. The predicted octanol–water partition coefficient (Wildman–Crippen LogP) is 2.41. The first-order valence-electron chi connectivity index (χ1n) is 7.22. The normalized spacial score (nSPS) is 16.9. The van der Waals surface area contributed by atoms with Gasteiger partial charge in [-0.1, -0.05) is 0 Å². The van der Waals surface area contributed by atoms with Crippen LogP contribution in [-0.4, -0.2) is 30.6 Å². The molecule has 3 rings (SSSR count). The lowest BCUT2D eigenvalue weighted by Gasteiger charge is -2.15. The van der Waals surface area contributed by atoms with Crippen LogP contribution < -0.4 is 15.4 Å². The van der Waals surface area contributed by atoms with Crippen molar-refractivity contribution in [1.29, 1.82) is 5.26 Å². The Bertz CT molecular complexity index is 816. The molecule has 1 aliphatic heterocycles. The second-order valence-corrected chi connectivity index (χ2v) is 6.51. The molecule has 1 fully saturated rings. The summed E-state index contributed by atoms with van der Waals surface area (Å²) in [5, 5.41) is 17.3. The lowest BCUT2D eigenvalue weighted by Crippen LogP contribution is -2.32. The van der Waals surface area contributed by atoms with E-state index in [9.17, 15) is 10.1 Å². The van der Waals surface area contributed by atoms with Crippen molar-refractivity contribution in [3.63, 3.8) is 0 Å². The van der Waals surface area contributed by atoms with Gasteiger partial charge < -0.3 is 15.4 Å². The molecule has 1 amide bonds. The Morgan fingerprint density at radius 3 is 3.00 bits per heavy atom. The van der Waals surface area contributed by atoms with Crippen molar-refractivity contribution in [2.75, 3.05) is 19.0 Å². The van der Waals surface area contributed by atoms with Crippen molar-refractivity contribution in [2.24, 2.45) is 0 Å². The van der Waals surface area contributed by atoms with Gasteiger partial charge in [0.15, 0.2) is 0 Å². The van der Waals surface area contributed by atoms with Crippen LogP contribution in [0.25, 0.3) is 10.8 Å². The zero-order valence-electron chi connectivity index (χ0n) is 12.5. The number of carbonyl (C=O) groups is 1. The Morgan fingerprint density at radius 2 is 2.35 bits per heavy atom. The van der Waals surface area contributed by atoms with E-state index in [0.717, 1.165) is 26.6 Å². The van der Waals surface area contributed by atoms with Crippen LogP contribution >= 0.6 is 22.6 Å². The van der Waals surface area contributed by atoms with E-state index in [1.54, 1.807) is 13.3 Å². The number of ether oxygens (including phenoxy) is 1. The van der Waals surface area contributed by atoms with Crippen molar-refractivity contribution in [2.45, 2.75) is 18.9 Å². The number of hydrogen-bond acceptors (Lipinski definition) is 5. The van der Waals surface area contributed by atoms with E-state index in [4.69, 9.17) is 4.74 Å². The molecule has 0 bridgehead atoms. The molecular weight excluding hydrogens is 407 g/mol. The fourth-order valence-corrected chi connectivity index (χ4v) is 3.27. The maximum Gasteiger partial charge on any atom is 0.220 e.